The Labute approximate surface area is 137 Å². The summed E-state index contributed by atoms with van der Waals surface area (Å²) in [4.78, 5) is 29.7. The summed E-state index contributed by atoms with van der Waals surface area (Å²) in [6.07, 6.45) is 0. The van der Waals surface area contributed by atoms with E-state index in [9.17, 15) is 9.59 Å². The number of carbonyl (C=O) groups is 2. The topological polar surface area (TPSA) is 62.4 Å². The second-order valence-corrected chi connectivity index (χ2v) is 5.93. The zero-order valence-electron chi connectivity index (χ0n) is 12.8. The largest absolute Gasteiger partial charge is 0.461 e. The highest BCUT2D eigenvalue weighted by Crippen LogP contribution is 2.28. The van der Waals surface area contributed by atoms with E-state index in [1.54, 1.807) is 31.0 Å². The zero-order valence-corrected chi connectivity index (χ0v) is 13.6. The third kappa shape index (κ3) is 2.85. The van der Waals surface area contributed by atoms with E-state index in [-0.39, 0.29) is 5.91 Å². The Bertz CT molecular complexity index is 852. The smallest absolute Gasteiger partial charge is 0.354 e. The van der Waals surface area contributed by atoms with E-state index in [1.807, 2.05) is 29.6 Å². The number of hydrogen-bond acceptors (Lipinski definition) is 4. The fraction of sp³-hybridized carbons (Fsp3) is 0.176. The van der Waals surface area contributed by atoms with Crippen LogP contribution in [-0.4, -0.2) is 30.5 Å². The van der Waals surface area contributed by atoms with Gasteiger partial charge in [0.1, 0.15) is 5.69 Å². The zero-order chi connectivity index (χ0) is 16.4. The van der Waals surface area contributed by atoms with Gasteiger partial charge in [-0.15, -0.1) is 11.3 Å². The predicted octanol–water partition coefficient (Wildman–Crippen LogP) is 3.68. The Hall–Kier alpha value is -2.60. The van der Waals surface area contributed by atoms with Crippen LogP contribution in [0.2, 0.25) is 0 Å². The molecule has 0 radical (unpaired) electrons. The highest BCUT2D eigenvalue weighted by atomic mass is 32.1. The minimum Gasteiger partial charge on any atom is -0.461 e. The quantitative estimate of drug-likeness (QED) is 0.743. The second kappa shape index (κ2) is 6.26. The number of nitrogens with one attached hydrogen (secondary N) is 1. The normalized spacial score (nSPS) is 10.7. The number of benzene rings is 1. The van der Waals surface area contributed by atoms with Gasteiger partial charge >= 0.3 is 5.97 Å². The fourth-order valence-electron chi connectivity index (χ4n) is 2.41. The first kappa shape index (κ1) is 15.3. The summed E-state index contributed by atoms with van der Waals surface area (Å²) in [6, 6.07) is 11.0. The molecule has 1 aromatic carbocycles. The van der Waals surface area contributed by atoms with Gasteiger partial charge in [0.05, 0.1) is 22.7 Å². The first-order chi connectivity index (χ1) is 11.1. The van der Waals surface area contributed by atoms with Crippen molar-refractivity contribution in [1.82, 2.24) is 4.98 Å². The van der Waals surface area contributed by atoms with Crippen LogP contribution < -0.4 is 4.90 Å². The van der Waals surface area contributed by atoms with Crippen LogP contribution in [0.15, 0.2) is 41.8 Å². The number of aromatic amines is 1. The van der Waals surface area contributed by atoms with Crippen molar-refractivity contribution in [2.24, 2.45) is 0 Å². The summed E-state index contributed by atoms with van der Waals surface area (Å²) in [5.41, 5.74) is 1.84. The molecule has 0 aliphatic carbocycles. The summed E-state index contributed by atoms with van der Waals surface area (Å²) >= 11 is 1.40. The molecule has 118 valence electrons. The van der Waals surface area contributed by atoms with Crippen LogP contribution in [0.3, 0.4) is 0 Å². The maximum atomic E-state index is 12.5. The van der Waals surface area contributed by atoms with E-state index in [2.05, 4.69) is 4.98 Å². The molecule has 0 aliphatic heterocycles. The van der Waals surface area contributed by atoms with E-state index in [4.69, 9.17) is 4.74 Å². The van der Waals surface area contributed by atoms with E-state index < -0.39 is 5.97 Å². The molecule has 2 aromatic heterocycles. The lowest BCUT2D eigenvalue weighted by atomic mass is 10.2. The van der Waals surface area contributed by atoms with Gasteiger partial charge in [-0.05, 0) is 30.5 Å². The van der Waals surface area contributed by atoms with Gasteiger partial charge in [-0.3, -0.25) is 4.79 Å². The SMILES string of the molecule is CCOC(=O)c1cc2cccc(N(C)C(=O)c3cccs3)c2[nH]1. The molecule has 0 atom stereocenters. The van der Waals surface area contributed by atoms with Gasteiger partial charge in [0.25, 0.3) is 5.91 Å². The highest BCUT2D eigenvalue weighted by molar-refractivity contribution is 7.12. The lowest BCUT2D eigenvalue weighted by Gasteiger charge is -2.17. The minimum absolute atomic E-state index is 0.0835. The summed E-state index contributed by atoms with van der Waals surface area (Å²) in [5.74, 6) is -0.485. The molecule has 6 heteroatoms. The molecule has 3 aromatic rings. The number of anilines is 1. The molecule has 0 bridgehead atoms. The van der Waals surface area contributed by atoms with Crippen molar-refractivity contribution in [2.45, 2.75) is 6.92 Å². The summed E-state index contributed by atoms with van der Waals surface area (Å²) < 4.78 is 5.02. The van der Waals surface area contributed by atoms with Crippen LogP contribution in [0.25, 0.3) is 10.9 Å². The molecular weight excluding hydrogens is 312 g/mol. The average Bonchev–Trinajstić information content (AvgIpc) is 3.22. The molecule has 5 nitrogen and oxygen atoms in total. The molecule has 0 spiro atoms. The van der Waals surface area contributed by atoms with Crippen molar-refractivity contribution >= 4 is 39.8 Å². The van der Waals surface area contributed by atoms with Gasteiger partial charge in [0, 0.05) is 12.4 Å². The van der Waals surface area contributed by atoms with Crippen molar-refractivity contribution in [2.75, 3.05) is 18.6 Å². The third-order valence-electron chi connectivity index (χ3n) is 3.53. The molecule has 0 saturated carbocycles. The number of nitrogens with zero attached hydrogens (tertiary/aromatic N) is 1. The standard InChI is InChI=1S/C17H16N2O3S/c1-3-22-17(21)12-10-11-6-4-7-13(15(11)18-12)19(2)16(20)14-8-5-9-23-14/h4-10,18H,3H2,1-2H3. The maximum absolute atomic E-state index is 12.5. The number of aromatic nitrogens is 1. The van der Waals surface area contributed by atoms with Crippen LogP contribution in [0, 0.1) is 0 Å². The highest BCUT2D eigenvalue weighted by Gasteiger charge is 2.19. The van der Waals surface area contributed by atoms with Crippen LogP contribution in [-0.2, 0) is 4.74 Å². The Morgan fingerprint density at radius 1 is 1.26 bits per heavy atom. The summed E-state index contributed by atoms with van der Waals surface area (Å²) in [7, 11) is 1.72. The first-order valence-corrected chi connectivity index (χ1v) is 8.10. The van der Waals surface area contributed by atoms with Crippen molar-refractivity contribution in [3.63, 3.8) is 0 Å². The Balaban J connectivity index is 2.00. The van der Waals surface area contributed by atoms with Crippen LogP contribution in [0.4, 0.5) is 5.69 Å². The van der Waals surface area contributed by atoms with Crippen molar-refractivity contribution in [3.8, 4) is 0 Å². The predicted molar refractivity (Wildman–Crippen MR) is 91.3 cm³/mol. The lowest BCUT2D eigenvalue weighted by Crippen LogP contribution is -2.25. The molecule has 1 amide bonds. The number of hydrogen-bond donors (Lipinski definition) is 1. The van der Waals surface area contributed by atoms with E-state index in [0.717, 1.165) is 16.6 Å². The molecule has 3 rings (SSSR count). The van der Waals surface area contributed by atoms with Crippen LogP contribution >= 0.6 is 11.3 Å². The summed E-state index contributed by atoms with van der Waals surface area (Å²) in [6.45, 7) is 2.08. The van der Waals surface area contributed by atoms with Gasteiger partial charge < -0.3 is 14.6 Å². The monoisotopic (exact) mass is 328 g/mol. The van der Waals surface area contributed by atoms with E-state index in [1.165, 1.54) is 11.3 Å². The number of amides is 1. The maximum Gasteiger partial charge on any atom is 0.354 e. The summed E-state index contributed by atoms with van der Waals surface area (Å²) in [5, 5.41) is 2.73. The van der Waals surface area contributed by atoms with Crippen LogP contribution in [0.5, 0.6) is 0 Å². The van der Waals surface area contributed by atoms with Crippen molar-refractivity contribution < 1.29 is 14.3 Å². The molecule has 1 N–H and O–H groups in total. The Morgan fingerprint density at radius 3 is 2.78 bits per heavy atom. The number of ether oxygens (including phenoxy) is 1. The van der Waals surface area contributed by atoms with Crippen molar-refractivity contribution in [3.05, 3.63) is 52.3 Å². The Morgan fingerprint density at radius 2 is 2.09 bits per heavy atom. The van der Waals surface area contributed by atoms with Gasteiger partial charge in [-0.25, -0.2) is 4.79 Å². The Kier molecular flexibility index (Phi) is 4.16. The number of para-hydroxylation sites is 1. The number of H-pyrrole nitrogens is 1. The average molecular weight is 328 g/mol. The molecule has 0 saturated heterocycles. The number of fused-ring (bicyclic) bond motifs is 1. The van der Waals surface area contributed by atoms with Gasteiger partial charge in [0.15, 0.2) is 0 Å². The fourth-order valence-corrected chi connectivity index (χ4v) is 3.11. The number of rotatable bonds is 4. The van der Waals surface area contributed by atoms with Crippen molar-refractivity contribution in [1.29, 1.82) is 0 Å². The van der Waals surface area contributed by atoms with Gasteiger partial charge in [-0.2, -0.15) is 0 Å². The van der Waals surface area contributed by atoms with Crippen LogP contribution in [0.1, 0.15) is 27.1 Å². The molecule has 0 aliphatic rings. The van der Waals surface area contributed by atoms with E-state index in [0.29, 0.717) is 17.2 Å². The molecule has 0 fully saturated rings. The number of esters is 1. The minimum atomic E-state index is -0.401. The number of carbonyl (C=O) groups excluding carboxylic acids is 2. The molecular formula is C17H16N2O3S. The third-order valence-corrected chi connectivity index (χ3v) is 4.39. The molecule has 23 heavy (non-hydrogen) atoms. The van der Waals surface area contributed by atoms with Gasteiger partial charge in [0.2, 0.25) is 0 Å². The molecule has 0 unspecified atom stereocenters. The second-order valence-electron chi connectivity index (χ2n) is 4.99. The lowest BCUT2D eigenvalue weighted by molar-refractivity contribution is 0.0520. The van der Waals surface area contributed by atoms with E-state index >= 15 is 0 Å². The first-order valence-electron chi connectivity index (χ1n) is 7.22. The molecule has 2 heterocycles. The number of thiophene rings is 1. The van der Waals surface area contributed by atoms with Gasteiger partial charge in [-0.1, -0.05) is 18.2 Å².